The highest BCUT2D eigenvalue weighted by Crippen LogP contribution is 2.33. The van der Waals surface area contributed by atoms with Crippen molar-refractivity contribution in [3.8, 4) is 5.75 Å². The maximum absolute atomic E-state index is 13.0. The Morgan fingerprint density at radius 3 is 2.67 bits per heavy atom. The van der Waals surface area contributed by atoms with Crippen LogP contribution in [0.4, 0.5) is 13.2 Å². The number of benzene rings is 3. The second kappa shape index (κ2) is 9.09. The highest BCUT2D eigenvalue weighted by molar-refractivity contribution is 6.61. The zero-order valence-corrected chi connectivity index (χ0v) is 18.0. The van der Waals surface area contributed by atoms with Gasteiger partial charge in [-0.1, -0.05) is 35.9 Å². The van der Waals surface area contributed by atoms with Gasteiger partial charge < -0.3 is 20.1 Å². The molecular formula is C23H19BClF3N2O3. The van der Waals surface area contributed by atoms with Gasteiger partial charge in [0.15, 0.2) is 0 Å². The second-order valence-corrected chi connectivity index (χ2v) is 8.12. The average molecular weight is 475 g/mol. The van der Waals surface area contributed by atoms with Gasteiger partial charge in [0.05, 0.1) is 17.2 Å². The third-order valence-corrected chi connectivity index (χ3v) is 5.62. The monoisotopic (exact) mass is 474 g/mol. The molecule has 0 bridgehead atoms. The molecule has 1 aliphatic rings. The van der Waals surface area contributed by atoms with Gasteiger partial charge in [0.2, 0.25) is 0 Å². The van der Waals surface area contributed by atoms with Crippen LogP contribution in [0.2, 0.25) is 5.02 Å². The van der Waals surface area contributed by atoms with Gasteiger partial charge in [0, 0.05) is 11.4 Å². The van der Waals surface area contributed by atoms with E-state index in [1.165, 1.54) is 6.07 Å². The Labute approximate surface area is 193 Å². The molecule has 0 aromatic heterocycles. The predicted octanol–water partition coefficient (Wildman–Crippen LogP) is 4.22. The highest BCUT2D eigenvalue weighted by atomic mass is 35.5. The molecule has 0 fully saturated rings. The first-order valence-electron chi connectivity index (χ1n) is 10.0. The summed E-state index contributed by atoms with van der Waals surface area (Å²) in [5, 5.41) is 18.8. The van der Waals surface area contributed by atoms with Crippen LogP contribution in [-0.4, -0.2) is 18.0 Å². The molecule has 0 saturated heterocycles. The van der Waals surface area contributed by atoms with Gasteiger partial charge in [-0.05, 0) is 58.6 Å². The number of alkyl halides is 3. The molecule has 10 heteroatoms. The number of nitrogens with two attached hydrogens (primary N) is 1. The second-order valence-electron chi connectivity index (χ2n) is 7.68. The summed E-state index contributed by atoms with van der Waals surface area (Å²) in [6, 6.07) is 15.4. The quantitative estimate of drug-likeness (QED) is 0.293. The van der Waals surface area contributed by atoms with Gasteiger partial charge in [-0.25, -0.2) is 0 Å². The van der Waals surface area contributed by atoms with Crippen LogP contribution in [0.15, 0.2) is 60.7 Å². The van der Waals surface area contributed by atoms with E-state index in [0.29, 0.717) is 27.5 Å². The topological polar surface area (TPSA) is 88.6 Å². The molecule has 0 radical (unpaired) electrons. The van der Waals surface area contributed by atoms with Crippen LogP contribution in [0.25, 0.3) is 0 Å². The Balaban J connectivity index is 1.60. The molecule has 0 saturated carbocycles. The van der Waals surface area contributed by atoms with Crippen LogP contribution in [0, 0.1) is 5.41 Å². The fourth-order valence-corrected chi connectivity index (χ4v) is 3.94. The standard InChI is InChI=1S/C23H19BClF3N2O3/c25-17-3-1-2-13(8-17)12-32-21-10-15(5-7-18(21)22(29)30)20-9-14-4-6-16(23(26,27)28)11-19(14)24(31)33-20/h1-8,10-11,20,31H,9,12H2,(H3,29,30). The average Bonchev–Trinajstić information content (AvgIpc) is 2.76. The molecule has 1 atom stereocenters. The minimum Gasteiger partial charge on any atom is -0.488 e. The molecule has 0 spiro atoms. The zero-order valence-electron chi connectivity index (χ0n) is 17.2. The highest BCUT2D eigenvalue weighted by Gasteiger charge is 2.36. The summed E-state index contributed by atoms with van der Waals surface area (Å²) in [5.74, 6) is 0.161. The number of fused-ring (bicyclic) bond motifs is 1. The van der Waals surface area contributed by atoms with Crippen molar-refractivity contribution in [3.63, 3.8) is 0 Å². The van der Waals surface area contributed by atoms with Gasteiger partial charge >= 0.3 is 13.3 Å². The van der Waals surface area contributed by atoms with Gasteiger partial charge in [0.25, 0.3) is 0 Å². The summed E-state index contributed by atoms with van der Waals surface area (Å²) >= 11 is 6.01. The Morgan fingerprint density at radius 2 is 1.97 bits per heavy atom. The number of rotatable bonds is 5. The van der Waals surface area contributed by atoms with Crippen LogP contribution >= 0.6 is 11.6 Å². The molecular weight excluding hydrogens is 456 g/mol. The number of nitrogens with one attached hydrogen (secondary N) is 1. The first-order valence-corrected chi connectivity index (χ1v) is 10.4. The smallest absolute Gasteiger partial charge is 0.488 e. The lowest BCUT2D eigenvalue weighted by Gasteiger charge is -2.29. The number of nitrogen functional groups attached to an aromatic ring is 1. The van der Waals surface area contributed by atoms with Crippen LogP contribution in [0.3, 0.4) is 0 Å². The number of halogens is 4. The summed E-state index contributed by atoms with van der Waals surface area (Å²) in [7, 11) is -1.51. The predicted molar refractivity (Wildman–Crippen MR) is 120 cm³/mol. The maximum atomic E-state index is 13.0. The molecule has 0 amide bonds. The molecule has 5 nitrogen and oxygen atoms in total. The van der Waals surface area contributed by atoms with Crippen molar-refractivity contribution < 1.29 is 27.6 Å². The van der Waals surface area contributed by atoms with E-state index in [4.69, 9.17) is 32.1 Å². The minimum atomic E-state index is -4.51. The van der Waals surface area contributed by atoms with Gasteiger partial charge in [-0.3, -0.25) is 5.41 Å². The van der Waals surface area contributed by atoms with Crippen LogP contribution in [0.5, 0.6) is 5.75 Å². The lowest BCUT2D eigenvalue weighted by atomic mass is 9.71. The van der Waals surface area contributed by atoms with Crippen molar-refractivity contribution in [2.24, 2.45) is 5.73 Å². The summed E-state index contributed by atoms with van der Waals surface area (Å²) in [6.45, 7) is 0.182. The summed E-state index contributed by atoms with van der Waals surface area (Å²) < 4.78 is 50.6. The van der Waals surface area contributed by atoms with Crippen molar-refractivity contribution >= 4 is 30.0 Å². The fraction of sp³-hybridized carbons (Fsp3) is 0.174. The third-order valence-electron chi connectivity index (χ3n) is 5.39. The first-order chi connectivity index (χ1) is 15.6. The normalized spacial score (nSPS) is 15.8. The third kappa shape index (κ3) is 5.16. The van der Waals surface area contributed by atoms with Crippen LogP contribution in [0.1, 0.15) is 33.9 Å². The molecule has 170 valence electrons. The Hall–Kier alpha value is -3.01. The van der Waals surface area contributed by atoms with Gasteiger partial charge in [-0.2, -0.15) is 13.2 Å². The number of ether oxygens (including phenoxy) is 1. The minimum absolute atomic E-state index is 0.0962. The summed E-state index contributed by atoms with van der Waals surface area (Å²) in [6.07, 6.45) is -4.88. The largest absolute Gasteiger partial charge is 0.491 e. The number of hydrogen-bond acceptors (Lipinski definition) is 4. The SMILES string of the molecule is N=C(N)c1ccc(C2Cc3ccc(C(F)(F)F)cc3B(O)O2)cc1OCc1cccc(Cl)c1. The van der Waals surface area contributed by atoms with Crippen molar-refractivity contribution in [3.05, 3.63) is 93.5 Å². The molecule has 3 aromatic carbocycles. The number of hydrogen-bond donors (Lipinski definition) is 3. The van der Waals surface area contributed by atoms with E-state index in [2.05, 4.69) is 0 Å². The van der Waals surface area contributed by atoms with Crippen LogP contribution < -0.4 is 15.9 Å². The van der Waals surface area contributed by atoms with Crippen molar-refractivity contribution in [1.29, 1.82) is 5.41 Å². The summed E-state index contributed by atoms with van der Waals surface area (Å²) in [5.41, 5.74) is 7.33. The molecule has 1 unspecified atom stereocenters. The molecule has 3 aromatic rings. The van der Waals surface area contributed by atoms with E-state index in [1.807, 2.05) is 6.07 Å². The molecule has 4 N–H and O–H groups in total. The van der Waals surface area contributed by atoms with Gasteiger partial charge in [0.1, 0.15) is 18.2 Å². The van der Waals surface area contributed by atoms with E-state index in [1.54, 1.807) is 36.4 Å². The lowest BCUT2D eigenvalue weighted by Crippen LogP contribution is -2.43. The summed E-state index contributed by atoms with van der Waals surface area (Å²) in [4.78, 5) is 0. The molecule has 1 aliphatic heterocycles. The molecule has 33 heavy (non-hydrogen) atoms. The zero-order chi connectivity index (χ0) is 23.8. The fourth-order valence-electron chi connectivity index (χ4n) is 3.73. The Kier molecular flexibility index (Phi) is 6.38. The Bertz CT molecular complexity index is 1210. The van der Waals surface area contributed by atoms with E-state index in [9.17, 15) is 18.2 Å². The molecule has 0 aliphatic carbocycles. The Morgan fingerprint density at radius 1 is 1.18 bits per heavy atom. The van der Waals surface area contributed by atoms with E-state index < -0.39 is 25.0 Å². The van der Waals surface area contributed by atoms with Crippen molar-refractivity contribution in [2.75, 3.05) is 0 Å². The van der Waals surface area contributed by atoms with Crippen molar-refractivity contribution in [2.45, 2.75) is 25.3 Å². The lowest BCUT2D eigenvalue weighted by molar-refractivity contribution is -0.137. The first kappa shape index (κ1) is 23.2. The van der Waals surface area contributed by atoms with E-state index in [0.717, 1.165) is 17.7 Å². The van der Waals surface area contributed by atoms with Crippen LogP contribution in [-0.2, 0) is 23.9 Å². The number of amidine groups is 1. The maximum Gasteiger partial charge on any atom is 0.491 e. The molecule has 1 heterocycles. The molecule has 4 rings (SSSR count). The van der Waals surface area contributed by atoms with E-state index >= 15 is 0 Å². The van der Waals surface area contributed by atoms with Gasteiger partial charge in [-0.15, -0.1) is 0 Å². The van der Waals surface area contributed by atoms with E-state index in [-0.39, 0.29) is 24.3 Å². The van der Waals surface area contributed by atoms with Crippen molar-refractivity contribution in [1.82, 2.24) is 0 Å².